The molecule has 6 heteroatoms. The molecule has 108 valence electrons. The van der Waals surface area contributed by atoms with Crippen molar-refractivity contribution in [3.63, 3.8) is 0 Å². The van der Waals surface area contributed by atoms with Crippen molar-refractivity contribution in [3.05, 3.63) is 0 Å². The van der Waals surface area contributed by atoms with Crippen molar-refractivity contribution in [2.24, 2.45) is 5.92 Å². The van der Waals surface area contributed by atoms with Crippen LogP contribution in [-0.2, 0) is 14.3 Å². The summed E-state index contributed by atoms with van der Waals surface area (Å²) in [4.78, 5) is 27.7. The number of nitrogens with zero attached hydrogens (tertiary/aromatic N) is 2. The molecule has 2 unspecified atom stereocenters. The van der Waals surface area contributed by atoms with E-state index in [4.69, 9.17) is 4.74 Å². The molecule has 0 aromatic heterocycles. The van der Waals surface area contributed by atoms with E-state index >= 15 is 0 Å². The molecule has 2 heterocycles. The lowest BCUT2D eigenvalue weighted by molar-refractivity contribution is -0.143. The minimum atomic E-state index is 0.00509. The first-order chi connectivity index (χ1) is 9.13. The molecular weight excluding hydrogens is 246 g/mol. The van der Waals surface area contributed by atoms with E-state index in [9.17, 15) is 9.59 Å². The summed E-state index contributed by atoms with van der Waals surface area (Å²) in [7, 11) is 1.52. The standard InChI is InChI=1S/C13H23N3O3/c1-10-11(3-4-14-10)13(18)16-7-5-15(6-8-16)12(17)9-19-2/h10-11,14H,3-9H2,1-2H3. The van der Waals surface area contributed by atoms with Crippen LogP contribution in [0.1, 0.15) is 13.3 Å². The maximum Gasteiger partial charge on any atom is 0.248 e. The number of carbonyl (C=O) groups excluding carboxylic acids is 2. The van der Waals surface area contributed by atoms with Gasteiger partial charge < -0.3 is 19.9 Å². The van der Waals surface area contributed by atoms with Gasteiger partial charge in [-0.05, 0) is 19.9 Å². The molecule has 2 atom stereocenters. The monoisotopic (exact) mass is 269 g/mol. The summed E-state index contributed by atoms with van der Waals surface area (Å²) < 4.78 is 4.85. The van der Waals surface area contributed by atoms with Crippen LogP contribution in [0.4, 0.5) is 0 Å². The summed E-state index contributed by atoms with van der Waals surface area (Å²) >= 11 is 0. The molecule has 6 nitrogen and oxygen atoms in total. The van der Waals surface area contributed by atoms with Crippen molar-refractivity contribution in [2.75, 3.05) is 46.4 Å². The van der Waals surface area contributed by atoms with Gasteiger partial charge in [-0.15, -0.1) is 0 Å². The molecule has 0 aromatic rings. The van der Waals surface area contributed by atoms with Crippen LogP contribution in [0.5, 0.6) is 0 Å². The Hall–Kier alpha value is -1.14. The van der Waals surface area contributed by atoms with Crippen LogP contribution in [0.15, 0.2) is 0 Å². The fraction of sp³-hybridized carbons (Fsp3) is 0.846. The molecule has 19 heavy (non-hydrogen) atoms. The molecular formula is C13H23N3O3. The van der Waals surface area contributed by atoms with Gasteiger partial charge in [-0.25, -0.2) is 0 Å². The molecule has 2 amide bonds. The van der Waals surface area contributed by atoms with Gasteiger partial charge in [0.25, 0.3) is 0 Å². The van der Waals surface area contributed by atoms with E-state index in [1.807, 2.05) is 4.90 Å². The predicted molar refractivity (Wildman–Crippen MR) is 70.6 cm³/mol. The van der Waals surface area contributed by atoms with Gasteiger partial charge in [-0.2, -0.15) is 0 Å². The highest BCUT2D eigenvalue weighted by Crippen LogP contribution is 2.19. The maximum absolute atomic E-state index is 12.4. The molecule has 2 aliphatic rings. The Balaban J connectivity index is 1.82. The normalized spacial score (nSPS) is 27.7. The average molecular weight is 269 g/mol. The molecule has 1 N–H and O–H groups in total. The third-order valence-electron chi connectivity index (χ3n) is 4.05. The second-order valence-electron chi connectivity index (χ2n) is 5.28. The summed E-state index contributed by atoms with van der Waals surface area (Å²) in [5, 5.41) is 3.30. The zero-order valence-electron chi connectivity index (χ0n) is 11.7. The lowest BCUT2D eigenvalue weighted by Crippen LogP contribution is -2.53. The Labute approximate surface area is 114 Å². The number of methoxy groups -OCH3 is 1. The third kappa shape index (κ3) is 3.25. The first-order valence-electron chi connectivity index (χ1n) is 6.92. The summed E-state index contributed by atoms with van der Waals surface area (Å²) in [6, 6.07) is 0.264. The smallest absolute Gasteiger partial charge is 0.248 e. The number of amides is 2. The fourth-order valence-electron chi connectivity index (χ4n) is 2.82. The van der Waals surface area contributed by atoms with Crippen molar-refractivity contribution >= 4 is 11.8 Å². The average Bonchev–Trinajstić information content (AvgIpc) is 2.84. The topological polar surface area (TPSA) is 61.9 Å². The van der Waals surface area contributed by atoms with Gasteiger partial charge in [0.15, 0.2) is 0 Å². The van der Waals surface area contributed by atoms with Crippen LogP contribution in [0, 0.1) is 5.92 Å². The minimum absolute atomic E-state index is 0.00509. The highest BCUT2D eigenvalue weighted by atomic mass is 16.5. The predicted octanol–water partition coefficient (Wildman–Crippen LogP) is -0.698. The first kappa shape index (κ1) is 14.3. The fourth-order valence-corrected chi connectivity index (χ4v) is 2.82. The lowest BCUT2D eigenvalue weighted by atomic mass is 10.00. The largest absolute Gasteiger partial charge is 0.375 e. The highest BCUT2D eigenvalue weighted by molar-refractivity contribution is 5.81. The van der Waals surface area contributed by atoms with Crippen LogP contribution in [-0.4, -0.2) is 74.1 Å². The van der Waals surface area contributed by atoms with Crippen LogP contribution >= 0.6 is 0 Å². The number of ether oxygens (including phenoxy) is 1. The Bertz CT molecular complexity index is 340. The molecule has 0 spiro atoms. The molecule has 0 radical (unpaired) electrons. The van der Waals surface area contributed by atoms with Crippen LogP contribution < -0.4 is 5.32 Å². The molecule has 2 saturated heterocycles. The summed E-state index contributed by atoms with van der Waals surface area (Å²) in [6.07, 6.45) is 0.919. The Morgan fingerprint density at radius 1 is 1.21 bits per heavy atom. The first-order valence-corrected chi connectivity index (χ1v) is 6.92. The van der Waals surface area contributed by atoms with E-state index in [-0.39, 0.29) is 30.4 Å². The highest BCUT2D eigenvalue weighted by Gasteiger charge is 2.34. The van der Waals surface area contributed by atoms with Crippen LogP contribution in [0.2, 0.25) is 0 Å². The van der Waals surface area contributed by atoms with Gasteiger partial charge in [-0.3, -0.25) is 9.59 Å². The molecule has 0 bridgehead atoms. The van der Waals surface area contributed by atoms with Gasteiger partial charge in [0.1, 0.15) is 6.61 Å². The molecule has 2 rings (SSSR count). The number of piperazine rings is 1. The number of hydrogen-bond donors (Lipinski definition) is 1. The minimum Gasteiger partial charge on any atom is -0.375 e. The number of carbonyl (C=O) groups is 2. The van der Waals surface area contributed by atoms with E-state index in [0.717, 1.165) is 13.0 Å². The lowest BCUT2D eigenvalue weighted by Gasteiger charge is -2.36. The van der Waals surface area contributed by atoms with Crippen molar-refractivity contribution in [3.8, 4) is 0 Å². The van der Waals surface area contributed by atoms with Crippen molar-refractivity contribution in [1.29, 1.82) is 0 Å². The van der Waals surface area contributed by atoms with Gasteiger partial charge in [-0.1, -0.05) is 0 Å². The Morgan fingerprint density at radius 3 is 2.37 bits per heavy atom. The van der Waals surface area contributed by atoms with E-state index in [1.165, 1.54) is 7.11 Å². The zero-order valence-corrected chi connectivity index (χ0v) is 11.7. The SMILES string of the molecule is COCC(=O)N1CCN(C(=O)C2CCNC2C)CC1. The van der Waals surface area contributed by atoms with Crippen molar-refractivity contribution in [2.45, 2.75) is 19.4 Å². The summed E-state index contributed by atoms with van der Waals surface area (Å²) in [6.45, 7) is 5.61. The molecule has 2 aliphatic heterocycles. The maximum atomic E-state index is 12.4. The summed E-state index contributed by atoms with van der Waals surface area (Å²) in [5.41, 5.74) is 0. The Morgan fingerprint density at radius 2 is 1.84 bits per heavy atom. The molecule has 0 aromatic carbocycles. The third-order valence-corrected chi connectivity index (χ3v) is 4.05. The van der Waals surface area contributed by atoms with E-state index in [0.29, 0.717) is 26.2 Å². The number of hydrogen-bond acceptors (Lipinski definition) is 4. The summed E-state index contributed by atoms with van der Waals surface area (Å²) in [5.74, 6) is 0.336. The van der Waals surface area contributed by atoms with Gasteiger partial charge in [0, 0.05) is 39.3 Å². The number of rotatable bonds is 3. The van der Waals surface area contributed by atoms with Gasteiger partial charge in [0.2, 0.25) is 11.8 Å². The second-order valence-corrected chi connectivity index (χ2v) is 5.28. The van der Waals surface area contributed by atoms with Gasteiger partial charge >= 0.3 is 0 Å². The van der Waals surface area contributed by atoms with E-state index in [1.54, 1.807) is 4.90 Å². The van der Waals surface area contributed by atoms with E-state index in [2.05, 4.69) is 12.2 Å². The molecule has 0 saturated carbocycles. The van der Waals surface area contributed by atoms with Crippen molar-refractivity contribution in [1.82, 2.24) is 15.1 Å². The van der Waals surface area contributed by atoms with Gasteiger partial charge in [0.05, 0.1) is 5.92 Å². The molecule has 0 aliphatic carbocycles. The zero-order chi connectivity index (χ0) is 13.8. The Kier molecular flexibility index (Phi) is 4.76. The number of nitrogens with one attached hydrogen (secondary N) is 1. The quantitative estimate of drug-likeness (QED) is 0.736. The molecule has 2 fully saturated rings. The van der Waals surface area contributed by atoms with Crippen LogP contribution in [0.3, 0.4) is 0 Å². The second kappa shape index (κ2) is 6.34. The van der Waals surface area contributed by atoms with E-state index < -0.39 is 0 Å². The van der Waals surface area contributed by atoms with Crippen LogP contribution in [0.25, 0.3) is 0 Å². The van der Waals surface area contributed by atoms with Crippen molar-refractivity contribution < 1.29 is 14.3 Å².